The number of carbonyl (C=O) groups is 1. The lowest BCUT2D eigenvalue weighted by molar-refractivity contribution is -0.139. The van der Waals surface area contributed by atoms with Gasteiger partial charge in [0.2, 0.25) is 0 Å². The van der Waals surface area contributed by atoms with Crippen LogP contribution in [-0.2, 0) is 4.79 Å². The fraction of sp³-hybridized carbons (Fsp3) is 0.250. The first-order valence-electron chi connectivity index (χ1n) is 4.84. The van der Waals surface area contributed by atoms with Crippen molar-refractivity contribution in [2.45, 2.75) is 13.3 Å². The summed E-state index contributed by atoms with van der Waals surface area (Å²) < 4.78 is 5.14. The maximum Gasteiger partial charge on any atom is 0.341 e. The molecule has 3 nitrogen and oxygen atoms in total. The van der Waals surface area contributed by atoms with Gasteiger partial charge in [0.15, 0.2) is 6.61 Å². The first-order valence-corrected chi connectivity index (χ1v) is 4.84. The first kappa shape index (κ1) is 11.3. The molecule has 0 radical (unpaired) electrons. The summed E-state index contributed by atoms with van der Waals surface area (Å²) in [7, 11) is 0. The molecule has 1 N–H and O–H groups in total. The summed E-state index contributed by atoms with van der Waals surface area (Å²) in [5.74, 6) is -0.367. The molecule has 0 atom stereocenters. The molecule has 1 aromatic rings. The van der Waals surface area contributed by atoms with Gasteiger partial charge in [0.05, 0.1) is 0 Å². The van der Waals surface area contributed by atoms with Gasteiger partial charge in [-0.1, -0.05) is 37.3 Å². The van der Waals surface area contributed by atoms with E-state index in [9.17, 15) is 4.79 Å². The van der Waals surface area contributed by atoms with Crippen LogP contribution in [0.25, 0.3) is 6.08 Å². The lowest BCUT2D eigenvalue weighted by Crippen LogP contribution is -2.09. The molecule has 0 heterocycles. The minimum Gasteiger partial charge on any atom is -0.481 e. The van der Waals surface area contributed by atoms with E-state index in [1.165, 1.54) is 0 Å². The van der Waals surface area contributed by atoms with E-state index < -0.39 is 5.97 Å². The standard InChI is InChI=1S/C12H14O3/c1-2-3-6-10-7-4-5-8-11(10)15-9-12(13)14/h3-8H,2,9H2,1H3,(H,13,14)/b6-3+. The van der Waals surface area contributed by atoms with Gasteiger partial charge in [0.25, 0.3) is 0 Å². The number of carboxylic acid groups (broad SMARTS) is 1. The van der Waals surface area contributed by atoms with Crippen LogP contribution >= 0.6 is 0 Å². The Morgan fingerprint density at radius 2 is 2.20 bits per heavy atom. The molecule has 0 saturated carbocycles. The van der Waals surface area contributed by atoms with Crippen LogP contribution < -0.4 is 4.74 Å². The number of para-hydroxylation sites is 1. The molecule has 0 fully saturated rings. The van der Waals surface area contributed by atoms with Crippen molar-refractivity contribution < 1.29 is 14.6 Å². The van der Waals surface area contributed by atoms with Gasteiger partial charge in [-0.3, -0.25) is 0 Å². The minimum atomic E-state index is -0.968. The number of rotatable bonds is 5. The van der Waals surface area contributed by atoms with Gasteiger partial charge < -0.3 is 9.84 Å². The predicted molar refractivity (Wildman–Crippen MR) is 58.9 cm³/mol. The summed E-state index contributed by atoms with van der Waals surface area (Å²) in [5.41, 5.74) is 0.903. The Hall–Kier alpha value is -1.77. The monoisotopic (exact) mass is 206 g/mol. The zero-order chi connectivity index (χ0) is 11.1. The second-order valence-corrected chi connectivity index (χ2v) is 3.03. The lowest BCUT2D eigenvalue weighted by Gasteiger charge is -2.06. The SMILES string of the molecule is CC/C=C/c1ccccc1OCC(=O)O. The van der Waals surface area contributed by atoms with Crippen LogP contribution in [0.15, 0.2) is 30.3 Å². The zero-order valence-corrected chi connectivity index (χ0v) is 8.64. The van der Waals surface area contributed by atoms with E-state index in [4.69, 9.17) is 9.84 Å². The van der Waals surface area contributed by atoms with E-state index in [2.05, 4.69) is 0 Å². The Balaban J connectivity index is 2.76. The third-order valence-electron chi connectivity index (χ3n) is 1.80. The Labute approximate surface area is 89.0 Å². The molecule has 1 aromatic carbocycles. The second-order valence-electron chi connectivity index (χ2n) is 3.03. The highest BCUT2D eigenvalue weighted by Gasteiger charge is 2.02. The minimum absolute atomic E-state index is 0.309. The van der Waals surface area contributed by atoms with Gasteiger partial charge in [-0.05, 0) is 12.5 Å². The van der Waals surface area contributed by atoms with Crippen molar-refractivity contribution in [3.63, 3.8) is 0 Å². The van der Waals surface area contributed by atoms with Crippen LogP contribution in [0.3, 0.4) is 0 Å². The summed E-state index contributed by atoms with van der Waals surface area (Å²) in [6.07, 6.45) is 4.87. The molecule has 3 heteroatoms. The third-order valence-corrected chi connectivity index (χ3v) is 1.80. The van der Waals surface area contributed by atoms with Crippen molar-refractivity contribution >= 4 is 12.0 Å². The topological polar surface area (TPSA) is 46.5 Å². The molecule has 0 bridgehead atoms. The second kappa shape index (κ2) is 5.86. The van der Waals surface area contributed by atoms with Crippen molar-refractivity contribution in [2.75, 3.05) is 6.61 Å². The molecule has 0 aliphatic heterocycles. The molecule has 0 unspecified atom stereocenters. The molecule has 0 saturated heterocycles. The molecule has 1 rings (SSSR count). The van der Waals surface area contributed by atoms with Crippen molar-refractivity contribution in [2.24, 2.45) is 0 Å². The van der Waals surface area contributed by atoms with E-state index in [0.717, 1.165) is 12.0 Å². The van der Waals surface area contributed by atoms with Crippen LogP contribution in [-0.4, -0.2) is 17.7 Å². The summed E-state index contributed by atoms with van der Waals surface area (Å²) in [5, 5.41) is 8.50. The van der Waals surface area contributed by atoms with E-state index in [1.807, 2.05) is 37.3 Å². The molecule has 80 valence electrons. The number of allylic oxidation sites excluding steroid dienone is 1. The van der Waals surface area contributed by atoms with E-state index in [-0.39, 0.29) is 6.61 Å². The Morgan fingerprint density at radius 1 is 1.47 bits per heavy atom. The molecule has 0 spiro atoms. The summed E-state index contributed by atoms with van der Waals surface area (Å²) in [6, 6.07) is 7.37. The average molecular weight is 206 g/mol. The number of hydrogen-bond acceptors (Lipinski definition) is 2. The van der Waals surface area contributed by atoms with Gasteiger partial charge in [-0.2, -0.15) is 0 Å². The zero-order valence-electron chi connectivity index (χ0n) is 8.64. The van der Waals surface area contributed by atoms with Gasteiger partial charge in [-0.15, -0.1) is 0 Å². The summed E-state index contributed by atoms with van der Waals surface area (Å²) in [6.45, 7) is 1.73. The smallest absolute Gasteiger partial charge is 0.341 e. The third kappa shape index (κ3) is 3.85. The number of carboxylic acids is 1. The highest BCUT2D eigenvalue weighted by Crippen LogP contribution is 2.19. The van der Waals surface area contributed by atoms with E-state index in [0.29, 0.717) is 5.75 Å². The number of hydrogen-bond donors (Lipinski definition) is 1. The predicted octanol–water partition coefficient (Wildman–Crippen LogP) is 2.57. The van der Waals surface area contributed by atoms with Gasteiger partial charge in [0.1, 0.15) is 5.75 Å². The van der Waals surface area contributed by atoms with Crippen molar-refractivity contribution in [1.29, 1.82) is 0 Å². The fourth-order valence-electron chi connectivity index (χ4n) is 1.13. The van der Waals surface area contributed by atoms with Crippen molar-refractivity contribution in [3.05, 3.63) is 35.9 Å². The van der Waals surface area contributed by atoms with Crippen LogP contribution in [0.2, 0.25) is 0 Å². The molecular weight excluding hydrogens is 192 g/mol. The molecular formula is C12H14O3. The largest absolute Gasteiger partial charge is 0.481 e. The van der Waals surface area contributed by atoms with Gasteiger partial charge >= 0.3 is 5.97 Å². The summed E-state index contributed by atoms with van der Waals surface area (Å²) >= 11 is 0. The molecule has 0 aliphatic rings. The van der Waals surface area contributed by atoms with Crippen LogP contribution in [0.5, 0.6) is 5.75 Å². The maximum absolute atomic E-state index is 10.4. The first-order chi connectivity index (χ1) is 7.24. The van der Waals surface area contributed by atoms with Crippen LogP contribution in [0.4, 0.5) is 0 Å². The fourth-order valence-corrected chi connectivity index (χ4v) is 1.13. The molecule has 15 heavy (non-hydrogen) atoms. The highest BCUT2D eigenvalue weighted by atomic mass is 16.5. The average Bonchev–Trinajstić information content (AvgIpc) is 2.24. The molecule has 0 amide bonds. The quantitative estimate of drug-likeness (QED) is 0.805. The van der Waals surface area contributed by atoms with E-state index in [1.54, 1.807) is 6.07 Å². The summed E-state index contributed by atoms with van der Waals surface area (Å²) in [4.78, 5) is 10.4. The maximum atomic E-state index is 10.4. The van der Waals surface area contributed by atoms with Crippen molar-refractivity contribution in [3.8, 4) is 5.75 Å². The molecule has 0 aromatic heterocycles. The van der Waals surface area contributed by atoms with E-state index >= 15 is 0 Å². The van der Waals surface area contributed by atoms with Gasteiger partial charge in [0, 0.05) is 5.56 Å². The lowest BCUT2D eigenvalue weighted by atomic mass is 10.2. The Kier molecular flexibility index (Phi) is 4.41. The molecule has 0 aliphatic carbocycles. The highest BCUT2D eigenvalue weighted by molar-refractivity contribution is 5.69. The van der Waals surface area contributed by atoms with Gasteiger partial charge in [-0.25, -0.2) is 4.79 Å². The number of ether oxygens (including phenoxy) is 1. The van der Waals surface area contributed by atoms with Crippen LogP contribution in [0, 0.1) is 0 Å². The number of benzene rings is 1. The number of aliphatic carboxylic acids is 1. The Bertz CT molecular complexity index is 356. The van der Waals surface area contributed by atoms with Crippen LogP contribution in [0.1, 0.15) is 18.9 Å². The normalized spacial score (nSPS) is 10.5. The van der Waals surface area contributed by atoms with Crippen molar-refractivity contribution in [1.82, 2.24) is 0 Å². The Morgan fingerprint density at radius 3 is 2.87 bits per heavy atom.